The van der Waals surface area contributed by atoms with Crippen molar-refractivity contribution in [3.05, 3.63) is 35.4 Å². The Balaban J connectivity index is 2.96. The first-order chi connectivity index (χ1) is 8.74. The largest absolute Gasteiger partial charge is 0.465 e. The van der Waals surface area contributed by atoms with Gasteiger partial charge in [0.2, 0.25) is 0 Å². The van der Waals surface area contributed by atoms with Crippen LogP contribution in [0.4, 0.5) is 0 Å². The summed E-state index contributed by atoms with van der Waals surface area (Å²) >= 11 is 0. The number of ether oxygens (including phenoxy) is 1. The third-order valence-electron chi connectivity index (χ3n) is 2.87. The molecule has 1 atom stereocenters. The minimum atomic E-state index is -0.346. The van der Waals surface area contributed by atoms with Gasteiger partial charge in [-0.15, -0.1) is 0 Å². The fourth-order valence-electron chi connectivity index (χ4n) is 1.97. The molecule has 0 fully saturated rings. The van der Waals surface area contributed by atoms with Crippen molar-refractivity contribution in [3.8, 4) is 0 Å². The lowest BCUT2D eigenvalue weighted by molar-refractivity contribution is -0.145. The Kier molecular flexibility index (Phi) is 6.44. The summed E-state index contributed by atoms with van der Waals surface area (Å²) in [6.07, 6.45) is 1.91. The van der Waals surface area contributed by atoms with E-state index in [1.54, 1.807) is 0 Å². The van der Waals surface area contributed by atoms with Crippen molar-refractivity contribution in [3.63, 3.8) is 0 Å². The molecule has 0 aliphatic carbocycles. The second kappa shape index (κ2) is 7.88. The van der Waals surface area contributed by atoms with E-state index in [1.807, 2.05) is 25.1 Å². The summed E-state index contributed by atoms with van der Waals surface area (Å²) in [4.78, 5) is 12.0. The summed E-state index contributed by atoms with van der Waals surface area (Å²) in [7, 11) is 0. The molecule has 1 unspecified atom stereocenters. The van der Waals surface area contributed by atoms with Gasteiger partial charge in [0.15, 0.2) is 0 Å². The van der Waals surface area contributed by atoms with Gasteiger partial charge in [-0.2, -0.15) is 0 Å². The molecule has 0 bridgehead atoms. The molecule has 1 rings (SSSR count). The maximum Gasteiger partial charge on any atom is 0.327 e. The van der Waals surface area contributed by atoms with Crippen LogP contribution in [-0.2, 0) is 16.0 Å². The second-order valence-corrected chi connectivity index (χ2v) is 4.19. The van der Waals surface area contributed by atoms with Crippen LogP contribution in [0.1, 0.15) is 44.4 Å². The van der Waals surface area contributed by atoms with E-state index < -0.39 is 0 Å². The Morgan fingerprint density at radius 1 is 1.28 bits per heavy atom. The number of carbonyl (C=O) groups excluding carboxylic acids is 1. The van der Waals surface area contributed by atoms with Crippen molar-refractivity contribution in [2.24, 2.45) is 0 Å². The molecule has 0 saturated heterocycles. The van der Waals surface area contributed by atoms with Gasteiger partial charge < -0.3 is 10.1 Å². The zero-order valence-electron chi connectivity index (χ0n) is 11.5. The third-order valence-corrected chi connectivity index (χ3v) is 2.87. The number of benzene rings is 1. The maximum absolute atomic E-state index is 12.0. The first-order valence-corrected chi connectivity index (χ1v) is 6.72. The van der Waals surface area contributed by atoms with Crippen LogP contribution in [0.3, 0.4) is 0 Å². The van der Waals surface area contributed by atoms with Crippen LogP contribution >= 0.6 is 0 Å². The Hall–Kier alpha value is -1.35. The Bertz CT molecular complexity index is 377. The molecule has 0 radical (unpaired) electrons. The highest BCUT2D eigenvalue weighted by Crippen LogP contribution is 2.20. The molecule has 100 valence electrons. The zero-order chi connectivity index (χ0) is 13.4. The van der Waals surface area contributed by atoms with Gasteiger partial charge in [0.1, 0.15) is 6.04 Å². The van der Waals surface area contributed by atoms with Crippen molar-refractivity contribution in [1.82, 2.24) is 5.32 Å². The summed E-state index contributed by atoms with van der Waals surface area (Å²) in [5, 5.41) is 3.27. The van der Waals surface area contributed by atoms with Crippen LogP contribution in [0.5, 0.6) is 0 Å². The van der Waals surface area contributed by atoms with Gasteiger partial charge in [-0.05, 0) is 37.4 Å². The lowest BCUT2D eigenvalue weighted by Gasteiger charge is -2.19. The Morgan fingerprint density at radius 3 is 2.61 bits per heavy atom. The second-order valence-electron chi connectivity index (χ2n) is 4.19. The van der Waals surface area contributed by atoms with Crippen molar-refractivity contribution in [2.75, 3.05) is 13.2 Å². The molecule has 18 heavy (non-hydrogen) atoms. The van der Waals surface area contributed by atoms with Crippen molar-refractivity contribution in [1.29, 1.82) is 0 Å². The molecule has 0 saturated carbocycles. The number of hydrogen-bond donors (Lipinski definition) is 1. The van der Waals surface area contributed by atoms with E-state index in [0.717, 1.165) is 24.9 Å². The molecule has 0 aliphatic heterocycles. The minimum Gasteiger partial charge on any atom is -0.465 e. The van der Waals surface area contributed by atoms with Crippen molar-refractivity contribution < 1.29 is 9.53 Å². The molecule has 1 aromatic carbocycles. The first kappa shape index (κ1) is 14.7. The van der Waals surface area contributed by atoms with Crippen LogP contribution in [-0.4, -0.2) is 19.1 Å². The Labute approximate surface area is 110 Å². The van der Waals surface area contributed by atoms with E-state index in [0.29, 0.717) is 6.61 Å². The number of hydrogen-bond acceptors (Lipinski definition) is 3. The zero-order valence-corrected chi connectivity index (χ0v) is 11.5. The predicted molar refractivity (Wildman–Crippen MR) is 73.5 cm³/mol. The molecular weight excluding hydrogens is 226 g/mol. The van der Waals surface area contributed by atoms with E-state index in [1.165, 1.54) is 5.56 Å². The standard InChI is InChI=1S/C15H23NO2/c1-4-11-16-14(15(17)18-6-3)13-10-8-7-9-12(13)5-2/h7-10,14,16H,4-6,11H2,1-3H3. The van der Waals surface area contributed by atoms with Gasteiger partial charge in [-0.3, -0.25) is 0 Å². The van der Waals surface area contributed by atoms with E-state index in [-0.39, 0.29) is 12.0 Å². The number of carbonyl (C=O) groups is 1. The smallest absolute Gasteiger partial charge is 0.327 e. The molecule has 0 aromatic heterocycles. The summed E-state index contributed by atoms with van der Waals surface area (Å²) in [5.74, 6) is -0.188. The van der Waals surface area contributed by atoms with Gasteiger partial charge in [-0.25, -0.2) is 4.79 Å². The maximum atomic E-state index is 12.0. The van der Waals surface area contributed by atoms with Crippen molar-refractivity contribution in [2.45, 2.75) is 39.7 Å². The molecule has 0 amide bonds. The molecule has 0 spiro atoms. The highest BCUT2D eigenvalue weighted by molar-refractivity contribution is 5.78. The Morgan fingerprint density at radius 2 is 2.00 bits per heavy atom. The third kappa shape index (κ3) is 3.84. The topological polar surface area (TPSA) is 38.3 Å². The molecule has 3 nitrogen and oxygen atoms in total. The number of nitrogens with one attached hydrogen (secondary N) is 1. The van der Waals surface area contributed by atoms with Crippen LogP contribution in [0.25, 0.3) is 0 Å². The quantitative estimate of drug-likeness (QED) is 0.755. The number of aryl methyl sites for hydroxylation is 1. The van der Waals surface area contributed by atoms with Crippen molar-refractivity contribution >= 4 is 5.97 Å². The fraction of sp³-hybridized carbons (Fsp3) is 0.533. The lowest BCUT2D eigenvalue weighted by Crippen LogP contribution is -2.31. The van der Waals surface area contributed by atoms with Crippen LogP contribution in [0, 0.1) is 0 Å². The molecule has 3 heteroatoms. The molecule has 0 aliphatic rings. The summed E-state index contributed by atoms with van der Waals surface area (Å²) in [6.45, 7) is 7.24. The highest BCUT2D eigenvalue weighted by Gasteiger charge is 2.22. The van der Waals surface area contributed by atoms with E-state index in [4.69, 9.17) is 4.74 Å². The summed E-state index contributed by atoms with van der Waals surface area (Å²) in [6, 6.07) is 7.69. The summed E-state index contributed by atoms with van der Waals surface area (Å²) < 4.78 is 5.15. The molecule has 1 N–H and O–H groups in total. The van der Waals surface area contributed by atoms with E-state index in [9.17, 15) is 4.79 Å². The molecular formula is C15H23NO2. The van der Waals surface area contributed by atoms with Crippen LogP contribution < -0.4 is 5.32 Å². The summed E-state index contributed by atoms with van der Waals surface area (Å²) in [5.41, 5.74) is 2.23. The normalized spacial score (nSPS) is 12.2. The van der Waals surface area contributed by atoms with Gasteiger partial charge in [-0.1, -0.05) is 38.1 Å². The minimum absolute atomic E-state index is 0.188. The average molecular weight is 249 g/mol. The van der Waals surface area contributed by atoms with E-state index in [2.05, 4.69) is 25.2 Å². The molecule has 0 heterocycles. The SMILES string of the molecule is CCCNC(C(=O)OCC)c1ccccc1CC. The highest BCUT2D eigenvalue weighted by atomic mass is 16.5. The average Bonchev–Trinajstić information content (AvgIpc) is 2.40. The van der Waals surface area contributed by atoms with Gasteiger partial charge in [0.25, 0.3) is 0 Å². The number of rotatable bonds is 7. The van der Waals surface area contributed by atoms with Gasteiger partial charge in [0, 0.05) is 0 Å². The first-order valence-electron chi connectivity index (χ1n) is 6.72. The van der Waals surface area contributed by atoms with Crippen LogP contribution in [0.15, 0.2) is 24.3 Å². The van der Waals surface area contributed by atoms with E-state index >= 15 is 0 Å². The van der Waals surface area contributed by atoms with Gasteiger partial charge in [0.05, 0.1) is 6.61 Å². The monoisotopic (exact) mass is 249 g/mol. The van der Waals surface area contributed by atoms with Crippen LogP contribution in [0.2, 0.25) is 0 Å². The predicted octanol–water partition coefficient (Wildman–Crippen LogP) is 2.85. The fourth-order valence-corrected chi connectivity index (χ4v) is 1.97. The molecule has 1 aromatic rings. The number of esters is 1. The lowest BCUT2D eigenvalue weighted by atomic mass is 9.98. The van der Waals surface area contributed by atoms with Gasteiger partial charge >= 0.3 is 5.97 Å².